The highest BCUT2D eigenvalue weighted by Crippen LogP contribution is 2.19. The Hall–Kier alpha value is -1.39. The Morgan fingerprint density at radius 2 is 1.95 bits per heavy atom. The zero-order valence-corrected chi connectivity index (χ0v) is 13.1. The van der Waals surface area contributed by atoms with Crippen LogP contribution in [0.25, 0.3) is 0 Å². The summed E-state index contributed by atoms with van der Waals surface area (Å²) in [5.74, 6) is -0.0540. The average Bonchev–Trinajstić information content (AvgIpc) is 2.48. The van der Waals surface area contributed by atoms with Crippen molar-refractivity contribution in [2.45, 2.75) is 17.8 Å². The second-order valence-electron chi connectivity index (χ2n) is 4.34. The fraction of sp³-hybridized carbons (Fsp3) is 0.200. The van der Waals surface area contributed by atoms with Gasteiger partial charge in [-0.15, -0.1) is 0 Å². The molecule has 2 aromatic rings. The van der Waals surface area contributed by atoms with Gasteiger partial charge in [-0.3, -0.25) is 9.78 Å². The van der Waals surface area contributed by atoms with Gasteiger partial charge in [0.15, 0.2) is 0 Å². The van der Waals surface area contributed by atoms with Crippen molar-refractivity contribution >= 4 is 33.4 Å². The second-order valence-corrected chi connectivity index (χ2v) is 5.85. The Morgan fingerprint density at radius 1 is 1.25 bits per heavy atom. The van der Waals surface area contributed by atoms with Crippen LogP contribution in [0.15, 0.2) is 48.8 Å². The molecule has 5 heteroatoms. The van der Waals surface area contributed by atoms with Crippen molar-refractivity contribution in [3.05, 3.63) is 64.9 Å². The quantitative estimate of drug-likeness (QED) is 0.838. The van der Waals surface area contributed by atoms with E-state index in [-0.39, 0.29) is 10.7 Å². The van der Waals surface area contributed by atoms with Crippen LogP contribution in [0.2, 0.25) is 5.02 Å². The molecule has 0 spiro atoms. The van der Waals surface area contributed by atoms with E-state index < -0.39 is 0 Å². The van der Waals surface area contributed by atoms with Gasteiger partial charge < -0.3 is 5.32 Å². The molecule has 1 amide bonds. The standard InChI is InChI=1S/C15H14BrClN2O/c16-13(9-12-3-1-2-4-14(12)17)15(20)19-10-11-5-7-18-8-6-11/h1-8,13H,9-10H2,(H,19,20). The Kier molecular flexibility index (Phi) is 5.56. The number of amides is 1. The van der Waals surface area contributed by atoms with Crippen molar-refractivity contribution in [1.29, 1.82) is 0 Å². The Bertz CT molecular complexity index is 577. The number of alkyl halides is 1. The third kappa shape index (κ3) is 4.32. The molecule has 1 aromatic carbocycles. The highest BCUT2D eigenvalue weighted by molar-refractivity contribution is 9.10. The number of nitrogens with one attached hydrogen (secondary N) is 1. The molecule has 1 atom stereocenters. The number of halogens is 2. The summed E-state index contributed by atoms with van der Waals surface area (Å²) in [4.78, 5) is 15.7. The van der Waals surface area contributed by atoms with Crippen LogP contribution in [0.4, 0.5) is 0 Å². The van der Waals surface area contributed by atoms with Crippen LogP contribution < -0.4 is 5.32 Å². The third-order valence-corrected chi connectivity index (χ3v) is 3.97. The van der Waals surface area contributed by atoms with E-state index in [2.05, 4.69) is 26.2 Å². The molecule has 1 N–H and O–H groups in total. The van der Waals surface area contributed by atoms with Crippen molar-refractivity contribution in [3.8, 4) is 0 Å². The number of carbonyl (C=O) groups excluding carboxylic acids is 1. The van der Waals surface area contributed by atoms with E-state index in [1.54, 1.807) is 12.4 Å². The summed E-state index contributed by atoms with van der Waals surface area (Å²) in [6.45, 7) is 0.492. The van der Waals surface area contributed by atoms with Gasteiger partial charge >= 0.3 is 0 Å². The summed E-state index contributed by atoms with van der Waals surface area (Å²) in [7, 11) is 0. The molecule has 0 fully saturated rings. The highest BCUT2D eigenvalue weighted by atomic mass is 79.9. The van der Waals surface area contributed by atoms with E-state index in [0.717, 1.165) is 11.1 Å². The smallest absolute Gasteiger partial charge is 0.234 e. The van der Waals surface area contributed by atoms with Crippen LogP contribution in [-0.2, 0) is 17.8 Å². The zero-order chi connectivity index (χ0) is 14.4. The van der Waals surface area contributed by atoms with Gasteiger partial charge in [0.05, 0.1) is 4.83 Å². The van der Waals surface area contributed by atoms with E-state index >= 15 is 0 Å². The molecule has 0 radical (unpaired) electrons. The zero-order valence-electron chi connectivity index (χ0n) is 10.7. The van der Waals surface area contributed by atoms with Crippen molar-refractivity contribution < 1.29 is 4.79 Å². The van der Waals surface area contributed by atoms with E-state index in [1.807, 2.05) is 36.4 Å². The van der Waals surface area contributed by atoms with E-state index in [0.29, 0.717) is 18.0 Å². The predicted octanol–water partition coefficient (Wildman–Crippen LogP) is 3.36. The van der Waals surface area contributed by atoms with Gasteiger partial charge in [-0.05, 0) is 35.7 Å². The third-order valence-electron chi connectivity index (χ3n) is 2.86. The lowest BCUT2D eigenvalue weighted by atomic mass is 10.1. The van der Waals surface area contributed by atoms with Gasteiger partial charge in [-0.1, -0.05) is 45.7 Å². The van der Waals surface area contributed by atoms with Crippen molar-refractivity contribution in [2.24, 2.45) is 0 Å². The Morgan fingerprint density at radius 3 is 2.65 bits per heavy atom. The number of nitrogens with zero attached hydrogens (tertiary/aromatic N) is 1. The number of rotatable bonds is 5. The van der Waals surface area contributed by atoms with E-state index in [9.17, 15) is 4.79 Å². The van der Waals surface area contributed by atoms with Gasteiger partial charge in [0.1, 0.15) is 0 Å². The van der Waals surface area contributed by atoms with Gasteiger partial charge in [-0.25, -0.2) is 0 Å². The number of pyridine rings is 1. The molecule has 1 heterocycles. The van der Waals surface area contributed by atoms with Crippen molar-refractivity contribution in [1.82, 2.24) is 10.3 Å². The van der Waals surface area contributed by atoms with Crippen molar-refractivity contribution in [3.63, 3.8) is 0 Å². The molecule has 2 rings (SSSR count). The first-order chi connectivity index (χ1) is 9.66. The van der Waals surface area contributed by atoms with Gasteiger partial charge in [0.25, 0.3) is 0 Å². The van der Waals surface area contributed by atoms with E-state index in [1.165, 1.54) is 0 Å². The molecular formula is C15H14BrClN2O. The maximum atomic E-state index is 12.0. The Balaban J connectivity index is 1.88. The predicted molar refractivity (Wildman–Crippen MR) is 84.0 cm³/mol. The molecular weight excluding hydrogens is 340 g/mol. The van der Waals surface area contributed by atoms with Gasteiger partial charge in [0, 0.05) is 24.0 Å². The second kappa shape index (κ2) is 7.41. The van der Waals surface area contributed by atoms with E-state index in [4.69, 9.17) is 11.6 Å². The SMILES string of the molecule is O=C(NCc1ccncc1)C(Br)Cc1ccccc1Cl. The molecule has 0 saturated carbocycles. The molecule has 0 saturated heterocycles. The first-order valence-electron chi connectivity index (χ1n) is 6.21. The van der Waals surface area contributed by atoms with Crippen LogP contribution in [0.1, 0.15) is 11.1 Å². The molecule has 0 aliphatic carbocycles. The van der Waals surface area contributed by atoms with Crippen molar-refractivity contribution in [2.75, 3.05) is 0 Å². The summed E-state index contributed by atoms with van der Waals surface area (Å²) in [5.41, 5.74) is 1.97. The molecule has 104 valence electrons. The normalized spacial score (nSPS) is 11.9. The monoisotopic (exact) mass is 352 g/mol. The topological polar surface area (TPSA) is 42.0 Å². The van der Waals surface area contributed by atoms with Crippen LogP contribution in [0.5, 0.6) is 0 Å². The summed E-state index contributed by atoms with van der Waals surface area (Å²) in [5, 5.41) is 3.56. The number of aromatic nitrogens is 1. The summed E-state index contributed by atoms with van der Waals surface area (Å²) >= 11 is 9.49. The molecule has 0 aliphatic rings. The van der Waals surface area contributed by atoms with Crippen LogP contribution in [0, 0.1) is 0 Å². The molecule has 0 bridgehead atoms. The van der Waals surface area contributed by atoms with Crippen LogP contribution >= 0.6 is 27.5 Å². The highest BCUT2D eigenvalue weighted by Gasteiger charge is 2.16. The fourth-order valence-corrected chi connectivity index (χ4v) is 2.47. The first-order valence-corrected chi connectivity index (χ1v) is 7.50. The number of carbonyl (C=O) groups is 1. The minimum Gasteiger partial charge on any atom is -0.351 e. The summed E-state index contributed by atoms with van der Waals surface area (Å²) < 4.78 is 0. The molecule has 3 nitrogen and oxygen atoms in total. The first kappa shape index (κ1) is 15.0. The fourth-order valence-electron chi connectivity index (χ4n) is 1.75. The largest absolute Gasteiger partial charge is 0.351 e. The lowest BCUT2D eigenvalue weighted by molar-refractivity contribution is -0.120. The molecule has 1 aromatic heterocycles. The van der Waals surface area contributed by atoms with Crippen LogP contribution in [-0.4, -0.2) is 15.7 Å². The lowest BCUT2D eigenvalue weighted by Gasteiger charge is -2.12. The number of benzene rings is 1. The molecule has 20 heavy (non-hydrogen) atoms. The maximum absolute atomic E-state index is 12.0. The summed E-state index contributed by atoms with van der Waals surface area (Å²) in [6.07, 6.45) is 3.97. The Labute approximate surface area is 131 Å². The lowest BCUT2D eigenvalue weighted by Crippen LogP contribution is -2.31. The minimum absolute atomic E-state index is 0.0540. The average molecular weight is 354 g/mol. The number of hydrogen-bond acceptors (Lipinski definition) is 2. The van der Waals surface area contributed by atoms with Gasteiger partial charge in [-0.2, -0.15) is 0 Å². The van der Waals surface area contributed by atoms with Gasteiger partial charge in [0.2, 0.25) is 5.91 Å². The molecule has 1 unspecified atom stereocenters. The number of hydrogen-bond donors (Lipinski definition) is 1. The minimum atomic E-state index is -0.302. The molecule has 0 aliphatic heterocycles. The summed E-state index contributed by atoms with van der Waals surface area (Å²) in [6, 6.07) is 11.3. The maximum Gasteiger partial charge on any atom is 0.234 e. The van der Waals surface area contributed by atoms with Crippen LogP contribution in [0.3, 0.4) is 0 Å².